The van der Waals surface area contributed by atoms with Gasteiger partial charge in [-0.05, 0) is 34.1 Å². The molecule has 0 radical (unpaired) electrons. The third kappa shape index (κ3) is 4.26. The summed E-state index contributed by atoms with van der Waals surface area (Å²) in [4.78, 5) is 35.9. The molecule has 2 aromatic rings. The van der Waals surface area contributed by atoms with Gasteiger partial charge in [-0.15, -0.1) is 0 Å². The standard InChI is InChI=1S/C24H27NO6/c1-23(2,3)24(21(28)29,13-12-20(26)27)25-22(30)31-14-19-17-10-6-4-8-15(17)16-9-5-7-11-18(16)19/h4-11,19H,12-14H2,1-3H3,(H,25,30)(H,26,27)(H,28,29)/t24-/m0/s1. The van der Waals surface area contributed by atoms with Crippen LogP contribution in [0.15, 0.2) is 48.5 Å². The molecule has 2 aromatic carbocycles. The number of ether oxygens (including phenoxy) is 1. The number of aliphatic carboxylic acids is 2. The Morgan fingerprint density at radius 2 is 1.45 bits per heavy atom. The molecule has 0 fully saturated rings. The summed E-state index contributed by atoms with van der Waals surface area (Å²) >= 11 is 0. The van der Waals surface area contributed by atoms with Gasteiger partial charge in [0.15, 0.2) is 0 Å². The van der Waals surface area contributed by atoms with Gasteiger partial charge in [0.1, 0.15) is 12.1 Å². The van der Waals surface area contributed by atoms with Crippen LogP contribution in [0, 0.1) is 5.41 Å². The first-order chi connectivity index (χ1) is 14.6. The number of carbonyl (C=O) groups excluding carboxylic acids is 1. The number of hydrogen-bond acceptors (Lipinski definition) is 4. The lowest BCUT2D eigenvalue weighted by Gasteiger charge is -2.41. The molecule has 1 atom stereocenters. The van der Waals surface area contributed by atoms with Crippen molar-refractivity contribution in [3.63, 3.8) is 0 Å². The molecule has 0 spiro atoms. The Balaban J connectivity index is 1.80. The number of carboxylic acids is 2. The van der Waals surface area contributed by atoms with Crippen LogP contribution in [-0.2, 0) is 14.3 Å². The Morgan fingerprint density at radius 1 is 0.935 bits per heavy atom. The highest BCUT2D eigenvalue weighted by molar-refractivity contribution is 5.86. The molecule has 7 nitrogen and oxygen atoms in total. The topological polar surface area (TPSA) is 113 Å². The summed E-state index contributed by atoms with van der Waals surface area (Å²) in [6.45, 7) is 4.98. The van der Waals surface area contributed by atoms with Crippen molar-refractivity contribution < 1.29 is 29.3 Å². The van der Waals surface area contributed by atoms with Crippen LogP contribution in [-0.4, -0.2) is 40.4 Å². The number of amides is 1. The van der Waals surface area contributed by atoms with Gasteiger partial charge in [-0.1, -0.05) is 69.3 Å². The molecular weight excluding hydrogens is 398 g/mol. The summed E-state index contributed by atoms with van der Waals surface area (Å²) in [6, 6.07) is 15.8. The minimum Gasteiger partial charge on any atom is -0.481 e. The Morgan fingerprint density at radius 3 is 1.90 bits per heavy atom. The fourth-order valence-corrected chi connectivity index (χ4v) is 4.21. The molecule has 1 amide bonds. The zero-order chi connectivity index (χ0) is 22.8. The highest BCUT2D eigenvalue weighted by Gasteiger charge is 2.50. The lowest BCUT2D eigenvalue weighted by Crippen LogP contribution is -2.62. The molecule has 1 aliphatic rings. The molecular formula is C24H27NO6. The smallest absolute Gasteiger partial charge is 0.408 e. The number of carboxylic acid groups (broad SMARTS) is 2. The van der Waals surface area contributed by atoms with Gasteiger partial charge >= 0.3 is 18.0 Å². The molecule has 3 N–H and O–H groups in total. The number of hydrogen-bond donors (Lipinski definition) is 3. The zero-order valence-electron chi connectivity index (χ0n) is 17.8. The van der Waals surface area contributed by atoms with E-state index in [-0.39, 0.29) is 18.9 Å². The van der Waals surface area contributed by atoms with Crippen molar-refractivity contribution in [2.24, 2.45) is 5.41 Å². The average Bonchev–Trinajstić information content (AvgIpc) is 3.02. The highest BCUT2D eigenvalue weighted by Crippen LogP contribution is 2.44. The van der Waals surface area contributed by atoms with Crippen molar-refractivity contribution in [1.82, 2.24) is 5.32 Å². The van der Waals surface area contributed by atoms with Gasteiger partial charge in [-0.25, -0.2) is 9.59 Å². The van der Waals surface area contributed by atoms with E-state index in [1.807, 2.05) is 48.5 Å². The lowest BCUT2D eigenvalue weighted by atomic mass is 9.71. The van der Waals surface area contributed by atoms with Crippen LogP contribution >= 0.6 is 0 Å². The predicted molar refractivity (Wildman–Crippen MR) is 115 cm³/mol. The number of benzene rings is 2. The van der Waals surface area contributed by atoms with Gasteiger partial charge < -0.3 is 20.3 Å². The van der Waals surface area contributed by atoms with Crippen LogP contribution in [0.3, 0.4) is 0 Å². The summed E-state index contributed by atoms with van der Waals surface area (Å²) in [5.74, 6) is -2.59. The number of carbonyl (C=O) groups is 3. The van der Waals surface area contributed by atoms with E-state index in [9.17, 15) is 19.5 Å². The Bertz CT molecular complexity index is 964. The van der Waals surface area contributed by atoms with Crippen LogP contribution in [0.25, 0.3) is 11.1 Å². The molecule has 1 aliphatic carbocycles. The van der Waals surface area contributed by atoms with Crippen molar-refractivity contribution in [3.8, 4) is 11.1 Å². The molecule has 0 bridgehead atoms. The fourth-order valence-electron chi connectivity index (χ4n) is 4.21. The SMILES string of the molecule is CC(C)(C)[C@@](CCC(=O)O)(NC(=O)OCC1c2ccccc2-c2ccccc21)C(=O)O. The second-order valence-corrected chi connectivity index (χ2v) is 8.80. The molecule has 0 aromatic heterocycles. The van der Waals surface area contributed by atoms with Gasteiger partial charge in [0.05, 0.1) is 0 Å². The maximum atomic E-state index is 12.7. The van der Waals surface area contributed by atoms with Gasteiger partial charge in [-0.3, -0.25) is 4.79 Å². The summed E-state index contributed by atoms with van der Waals surface area (Å²) < 4.78 is 5.49. The molecule has 0 aliphatic heterocycles. The fraction of sp³-hybridized carbons (Fsp3) is 0.375. The van der Waals surface area contributed by atoms with Gasteiger partial charge in [0.25, 0.3) is 0 Å². The quantitative estimate of drug-likeness (QED) is 0.611. The van der Waals surface area contributed by atoms with Crippen LogP contribution in [0.2, 0.25) is 0 Å². The largest absolute Gasteiger partial charge is 0.481 e. The summed E-state index contributed by atoms with van der Waals surface area (Å²) in [5.41, 5.74) is 1.53. The monoisotopic (exact) mass is 425 g/mol. The van der Waals surface area contributed by atoms with E-state index in [0.717, 1.165) is 22.3 Å². The maximum absolute atomic E-state index is 12.7. The highest BCUT2D eigenvalue weighted by atomic mass is 16.5. The van der Waals surface area contributed by atoms with Crippen molar-refractivity contribution >= 4 is 18.0 Å². The molecule has 0 unspecified atom stereocenters. The Hall–Kier alpha value is -3.35. The predicted octanol–water partition coefficient (Wildman–Crippen LogP) is 4.26. The minimum atomic E-state index is -1.78. The third-order valence-electron chi connectivity index (χ3n) is 6.02. The van der Waals surface area contributed by atoms with Crippen LogP contribution in [0.1, 0.15) is 50.7 Å². The van der Waals surface area contributed by atoms with E-state index in [1.54, 1.807) is 20.8 Å². The van der Waals surface area contributed by atoms with Crippen molar-refractivity contribution in [3.05, 3.63) is 59.7 Å². The number of nitrogens with one attached hydrogen (secondary N) is 1. The van der Waals surface area contributed by atoms with Gasteiger partial charge in [0, 0.05) is 12.3 Å². The van der Waals surface area contributed by atoms with E-state index in [2.05, 4.69) is 5.32 Å². The normalized spacial score (nSPS) is 14.8. The molecule has 3 rings (SSSR count). The number of rotatable bonds is 7. The zero-order valence-corrected chi connectivity index (χ0v) is 17.8. The molecule has 164 valence electrons. The second-order valence-electron chi connectivity index (χ2n) is 8.80. The van der Waals surface area contributed by atoms with E-state index >= 15 is 0 Å². The first-order valence-corrected chi connectivity index (χ1v) is 10.1. The van der Waals surface area contributed by atoms with E-state index in [0.29, 0.717) is 0 Å². The van der Waals surface area contributed by atoms with E-state index in [1.165, 1.54) is 0 Å². The van der Waals surface area contributed by atoms with Gasteiger partial charge in [-0.2, -0.15) is 0 Å². The van der Waals surface area contributed by atoms with E-state index < -0.39 is 35.4 Å². The minimum absolute atomic E-state index is 0.0403. The van der Waals surface area contributed by atoms with Crippen molar-refractivity contribution in [2.45, 2.75) is 45.1 Å². The van der Waals surface area contributed by atoms with Crippen LogP contribution < -0.4 is 5.32 Å². The first kappa shape index (κ1) is 22.3. The van der Waals surface area contributed by atoms with Crippen molar-refractivity contribution in [2.75, 3.05) is 6.61 Å². The Kier molecular flexibility index (Phi) is 6.06. The molecule has 7 heteroatoms. The molecule has 0 saturated heterocycles. The average molecular weight is 425 g/mol. The first-order valence-electron chi connectivity index (χ1n) is 10.1. The Labute approximate surface area is 181 Å². The number of alkyl carbamates (subject to hydrolysis) is 1. The lowest BCUT2D eigenvalue weighted by molar-refractivity contribution is -0.151. The third-order valence-corrected chi connectivity index (χ3v) is 6.02. The summed E-state index contributed by atoms with van der Waals surface area (Å²) in [5, 5.41) is 21.4. The number of fused-ring (bicyclic) bond motifs is 3. The van der Waals surface area contributed by atoms with E-state index in [4.69, 9.17) is 9.84 Å². The van der Waals surface area contributed by atoms with Crippen molar-refractivity contribution in [1.29, 1.82) is 0 Å². The molecule has 31 heavy (non-hydrogen) atoms. The summed E-state index contributed by atoms with van der Waals surface area (Å²) in [7, 11) is 0. The molecule has 0 heterocycles. The second kappa shape index (κ2) is 8.41. The summed E-state index contributed by atoms with van der Waals surface area (Å²) in [6.07, 6.45) is -1.54. The molecule has 0 saturated carbocycles. The van der Waals surface area contributed by atoms with Crippen LogP contribution in [0.4, 0.5) is 4.79 Å². The van der Waals surface area contributed by atoms with Gasteiger partial charge in [0.2, 0.25) is 0 Å². The maximum Gasteiger partial charge on any atom is 0.408 e. The van der Waals surface area contributed by atoms with Crippen LogP contribution in [0.5, 0.6) is 0 Å².